The summed E-state index contributed by atoms with van der Waals surface area (Å²) >= 11 is 2.24. The van der Waals surface area contributed by atoms with Gasteiger partial charge in [0.2, 0.25) is 0 Å². The van der Waals surface area contributed by atoms with Crippen LogP contribution >= 0.6 is 11.8 Å². The van der Waals surface area contributed by atoms with Gasteiger partial charge >= 0.3 is 0 Å². The van der Waals surface area contributed by atoms with Crippen molar-refractivity contribution < 1.29 is 4.74 Å². The average molecular weight is 833 g/mol. The van der Waals surface area contributed by atoms with Gasteiger partial charge < -0.3 is 4.74 Å². The number of fused-ring (bicyclic) bond motifs is 8. The van der Waals surface area contributed by atoms with Crippen molar-refractivity contribution in [2.24, 2.45) is 35.5 Å². The first-order chi connectivity index (χ1) is 29.7. The monoisotopic (exact) mass is 833 g/mol. The molecular formula is C52H76N6OS. The van der Waals surface area contributed by atoms with Gasteiger partial charge in [0.05, 0.1) is 42.7 Å². The van der Waals surface area contributed by atoms with Crippen molar-refractivity contribution in [3.05, 3.63) is 46.4 Å². The fourth-order valence-corrected chi connectivity index (χ4v) is 18.4. The molecule has 4 aliphatic heterocycles. The Kier molecular flexibility index (Phi) is 11.5. The minimum atomic E-state index is -0.0683. The quantitative estimate of drug-likeness (QED) is 0.237. The summed E-state index contributed by atoms with van der Waals surface area (Å²) in [5.74, 6) is 3.58. The highest BCUT2D eigenvalue weighted by molar-refractivity contribution is 8.04. The van der Waals surface area contributed by atoms with E-state index >= 15 is 0 Å². The minimum absolute atomic E-state index is 0.0683. The fourth-order valence-electron chi connectivity index (χ4n) is 16.6. The Morgan fingerprint density at radius 1 is 0.633 bits per heavy atom. The molecule has 4 saturated heterocycles. The first kappa shape index (κ1) is 40.1. The van der Waals surface area contributed by atoms with Crippen LogP contribution in [0.4, 0.5) is 0 Å². The zero-order valence-electron chi connectivity index (χ0n) is 36.6. The molecule has 0 bridgehead atoms. The van der Waals surface area contributed by atoms with Gasteiger partial charge in [0.1, 0.15) is 0 Å². The first-order valence-corrected chi connectivity index (χ1v) is 26.9. The van der Waals surface area contributed by atoms with Gasteiger partial charge in [0, 0.05) is 52.3 Å². The number of thioether (sulfide) groups is 1. The highest BCUT2D eigenvalue weighted by Crippen LogP contribution is 2.57. The molecule has 9 fully saturated rings. The van der Waals surface area contributed by atoms with Gasteiger partial charge in [0.15, 0.2) is 0 Å². The molecule has 3 N–H and O–H groups in total. The van der Waals surface area contributed by atoms with Gasteiger partial charge in [-0.2, -0.15) is 5.26 Å². The number of hydrogen-bond donors (Lipinski definition) is 3. The highest BCUT2D eigenvalue weighted by Gasteiger charge is 2.57. The Bertz CT molecular complexity index is 1720. The molecule has 7 nitrogen and oxygen atoms in total. The summed E-state index contributed by atoms with van der Waals surface area (Å²) in [4.78, 5) is 7.82. The number of hydrogen-bond acceptors (Lipinski definition) is 8. The third-order valence-corrected chi connectivity index (χ3v) is 20.7. The second kappa shape index (κ2) is 17.2. The van der Waals surface area contributed by atoms with E-state index in [9.17, 15) is 5.26 Å². The summed E-state index contributed by atoms with van der Waals surface area (Å²) < 4.78 is 7.12. The Balaban J connectivity index is 0.946. The molecule has 326 valence electrons. The van der Waals surface area contributed by atoms with Crippen LogP contribution < -0.4 is 16.0 Å². The Hall–Kier alpha value is -1.44. The number of nitrogens with one attached hydrogen (secondary N) is 3. The Labute approximate surface area is 366 Å². The van der Waals surface area contributed by atoms with Crippen molar-refractivity contribution in [3.63, 3.8) is 0 Å². The van der Waals surface area contributed by atoms with Crippen molar-refractivity contribution in [1.82, 2.24) is 25.8 Å². The maximum Gasteiger partial charge on any atom is 0.0916 e. The molecule has 5 saturated carbocycles. The van der Waals surface area contributed by atoms with Gasteiger partial charge in [0.25, 0.3) is 0 Å². The van der Waals surface area contributed by atoms with Crippen LogP contribution in [0.2, 0.25) is 0 Å². The second-order valence-electron chi connectivity index (χ2n) is 22.0. The smallest absolute Gasteiger partial charge is 0.0916 e. The maximum absolute atomic E-state index is 11.5. The standard InChI is InChI=1S/C52H76N6OS/c53-31-33-29-39(52-55-50(32-15-2-1-3-16-32)54-51(56-52)38-21-14-20-37-36-19-6-13-28-48(36)60-49(37)38)45(58-42-24-9-11-26-46(42)59-47-27-12-10-25-43(47)58)30-44(33)57-40-22-7-4-17-34(40)35-18-5-8-23-41(35)57/h11,19,26,28-29,32-35,37-38,40-47,49-52,54-56H,1-10,12-18,20-25,27,30H2. The summed E-state index contributed by atoms with van der Waals surface area (Å²) in [7, 11) is 0. The zero-order chi connectivity index (χ0) is 39.7. The molecular weight excluding hydrogens is 757 g/mol. The van der Waals surface area contributed by atoms with Crippen molar-refractivity contribution in [1.29, 1.82) is 5.26 Å². The van der Waals surface area contributed by atoms with Crippen molar-refractivity contribution in [3.8, 4) is 6.07 Å². The molecule has 0 aromatic heterocycles. The van der Waals surface area contributed by atoms with E-state index in [-0.39, 0.29) is 24.4 Å². The molecule has 0 aromatic rings. The van der Waals surface area contributed by atoms with E-state index in [0.717, 1.165) is 24.7 Å². The zero-order valence-corrected chi connectivity index (χ0v) is 37.4. The number of ether oxygens (including phenoxy) is 1. The van der Waals surface area contributed by atoms with Crippen molar-refractivity contribution in [2.45, 2.75) is 233 Å². The lowest BCUT2D eigenvalue weighted by Crippen LogP contribution is -2.74. The van der Waals surface area contributed by atoms with Crippen LogP contribution in [0.25, 0.3) is 0 Å². The Morgan fingerprint density at radius 3 is 2.17 bits per heavy atom. The second-order valence-corrected chi connectivity index (χ2v) is 23.2. The minimum Gasteiger partial charge on any atom is -0.368 e. The third-order valence-electron chi connectivity index (χ3n) is 19.1. The van der Waals surface area contributed by atoms with E-state index in [0.29, 0.717) is 71.5 Å². The lowest BCUT2D eigenvalue weighted by molar-refractivity contribution is -0.165. The molecule has 12 aliphatic rings. The van der Waals surface area contributed by atoms with Crippen LogP contribution in [-0.2, 0) is 4.74 Å². The van der Waals surface area contributed by atoms with Crippen LogP contribution in [-0.4, -0.2) is 82.0 Å². The topological polar surface area (TPSA) is 75.6 Å². The van der Waals surface area contributed by atoms with E-state index in [2.05, 4.69) is 74.0 Å². The van der Waals surface area contributed by atoms with Gasteiger partial charge in [-0.1, -0.05) is 94.6 Å². The third kappa shape index (κ3) is 7.03. The SMILES string of the molecule is N#CC1C=C(C2NC(C3CCCCC3)NC(C3CCCC4C5=CCCC=C5SC43)N2)C(N2C3CCC=CC3OC3CCCCC32)CC1N1C2CCCCC2C2CCCCC21. The molecule has 8 heteroatoms. The number of nitriles is 1. The van der Waals surface area contributed by atoms with Crippen LogP contribution in [0.3, 0.4) is 0 Å². The van der Waals surface area contributed by atoms with Crippen LogP contribution in [0.15, 0.2) is 46.4 Å². The largest absolute Gasteiger partial charge is 0.368 e. The van der Waals surface area contributed by atoms with Gasteiger partial charge in [-0.3, -0.25) is 25.8 Å². The average Bonchev–Trinajstić information content (AvgIpc) is 3.86. The van der Waals surface area contributed by atoms with Crippen LogP contribution in [0.5, 0.6) is 0 Å². The maximum atomic E-state index is 11.5. The van der Waals surface area contributed by atoms with Gasteiger partial charge in [-0.15, -0.1) is 11.8 Å². The van der Waals surface area contributed by atoms with Crippen LogP contribution in [0, 0.1) is 46.8 Å². The molecule has 0 amide bonds. The molecule has 4 heterocycles. The lowest BCUT2D eigenvalue weighted by atomic mass is 9.73. The number of allylic oxidation sites excluding steroid dienone is 4. The molecule has 8 aliphatic carbocycles. The predicted octanol–water partition coefficient (Wildman–Crippen LogP) is 9.83. The summed E-state index contributed by atoms with van der Waals surface area (Å²) in [5, 5.41) is 25.3. The summed E-state index contributed by atoms with van der Waals surface area (Å²) in [5.41, 5.74) is 3.22. The predicted molar refractivity (Wildman–Crippen MR) is 243 cm³/mol. The Morgan fingerprint density at radius 2 is 1.35 bits per heavy atom. The normalized spacial score (nSPS) is 48.5. The van der Waals surface area contributed by atoms with Crippen molar-refractivity contribution >= 4 is 11.8 Å². The first-order valence-electron chi connectivity index (χ1n) is 26.1. The number of rotatable bonds is 5. The molecule has 0 radical (unpaired) electrons. The highest BCUT2D eigenvalue weighted by atomic mass is 32.2. The number of nitrogens with zero attached hydrogens (tertiary/aromatic N) is 3. The van der Waals surface area contributed by atoms with E-state index in [1.807, 2.05) is 0 Å². The van der Waals surface area contributed by atoms with E-state index in [1.54, 1.807) is 10.5 Å². The van der Waals surface area contributed by atoms with E-state index in [1.165, 1.54) is 153 Å². The lowest BCUT2D eigenvalue weighted by Gasteiger charge is -2.58. The van der Waals surface area contributed by atoms with Gasteiger partial charge in [-0.25, -0.2) is 0 Å². The number of likely N-dealkylation sites (tertiary alicyclic amines) is 1. The van der Waals surface area contributed by atoms with Crippen molar-refractivity contribution in [2.75, 3.05) is 0 Å². The van der Waals surface area contributed by atoms with E-state index in [4.69, 9.17) is 4.74 Å². The van der Waals surface area contributed by atoms with Gasteiger partial charge in [-0.05, 0) is 131 Å². The fraction of sp³-hybridized carbons (Fsp3) is 0.827. The molecule has 0 spiro atoms. The molecule has 17 unspecified atom stereocenters. The molecule has 12 rings (SSSR count). The summed E-state index contributed by atoms with van der Waals surface area (Å²) in [6.07, 6.45) is 46.6. The van der Waals surface area contributed by atoms with Crippen LogP contribution in [0.1, 0.15) is 161 Å². The summed E-state index contributed by atoms with van der Waals surface area (Å²) in [6, 6.07) is 5.92. The molecule has 60 heavy (non-hydrogen) atoms. The number of morpholine rings is 1. The summed E-state index contributed by atoms with van der Waals surface area (Å²) in [6.45, 7) is 0. The molecule has 17 atom stereocenters. The van der Waals surface area contributed by atoms with E-state index < -0.39 is 0 Å². The molecule has 0 aromatic carbocycles.